The molecule has 0 aliphatic heterocycles. The van der Waals surface area contributed by atoms with Crippen LogP contribution in [0.3, 0.4) is 0 Å². The van der Waals surface area contributed by atoms with Gasteiger partial charge < -0.3 is 16.0 Å². The van der Waals surface area contributed by atoms with Crippen molar-refractivity contribution in [2.75, 3.05) is 17.2 Å². The highest BCUT2D eigenvalue weighted by Gasteiger charge is 2.17. The Labute approximate surface area is 203 Å². The molecule has 176 valence electrons. The normalized spacial score (nSPS) is 13.4. The highest BCUT2D eigenvalue weighted by atomic mass is 32.1. The number of nitrogens with zero attached hydrogens (tertiary/aromatic N) is 1. The van der Waals surface area contributed by atoms with Gasteiger partial charge in [-0.1, -0.05) is 37.8 Å². The van der Waals surface area contributed by atoms with Gasteiger partial charge in [-0.2, -0.15) is 0 Å². The third kappa shape index (κ3) is 6.08. The van der Waals surface area contributed by atoms with Crippen molar-refractivity contribution >= 4 is 40.6 Å². The zero-order valence-electron chi connectivity index (χ0n) is 19.1. The monoisotopic (exact) mass is 476 g/mol. The van der Waals surface area contributed by atoms with E-state index in [-0.39, 0.29) is 17.7 Å². The van der Waals surface area contributed by atoms with Crippen molar-refractivity contribution in [3.05, 3.63) is 75.6 Å². The fourth-order valence-electron chi connectivity index (χ4n) is 4.12. The Hall–Kier alpha value is -3.52. The molecule has 1 saturated carbocycles. The lowest BCUT2D eigenvalue weighted by molar-refractivity contribution is 0.0950. The van der Waals surface area contributed by atoms with Gasteiger partial charge in [-0.3, -0.25) is 14.4 Å². The summed E-state index contributed by atoms with van der Waals surface area (Å²) in [5.74, 6) is 0.385. The minimum Gasteiger partial charge on any atom is -0.352 e. The van der Waals surface area contributed by atoms with Crippen LogP contribution in [0.5, 0.6) is 0 Å². The Bertz CT molecular complexity index is 1150. The number of thiophene rings is 1. The molecule has 2 heterocycles. The van der Waals surface area contributed by atoms with Gasteiger partial charge in [-0.05, 0) is 60.5 Å². The van der Waals surface area contributed by atoms with E-state index < -0.39 is 0 Å². The van der Waals surface area contributed by atoms with E-state index in [1.54, 1.807) is 36.4 Å². The van der Waals surface area contributed by atoms with Crippen LogP contribution in [0, 0.1) is 12.8 Å². The fraction of sp³-hybridized carbons (Fsp3) is 0.308. The molecule has 8 heteroatoms. The summed E-state index contributed by atoms with van der Waals surface area (Å²) >= 11 is 1.35. The molecule has 0 spiro atoms. The summed E-state index contributed by atoms with van der Waals surface area (Å²) in [6, 6.07) is 12.0. The van der Waals surface area contributed by atoms with Gasteiger partial charge in [0.15, 0.2) is 0 Å². The number of aryl methyl sites for hydroxylation is 1. The number of benzene rings is 1. The summed E-state index contributed by atoms with van der Waals surface area (Å²) in [6.45, 7) is 2.48. The fourth-order valence-corrected chi connectivity index (χ4v) is 4.74. The lowest BCUT2D eigenvalue weighted by atomic mass is 10.0. The number of nitrogens with one attached hydrogen (secondary N) is 3. The SMILES string of the molecule is Cc1ccc(C(=O)NCCC2CCCC2)cc1C(=O)Nc1ccc(NC(=O)c2cccs2)nc1. The summed E-state index contributed by atoms with van der Waals surface area (Å²) in [7, 11) is 0. The van der Waals surface area contributed by atoms with E-state index in [1.807, 2.05) is 18.4 Å². The van der Waals surface area contributed by atoms with Gasteiger partial charge in [0.05, 0.1) is 16.8 Å². The van der Waals surface area contributed by atoms with Gasteiger partial charge in [-0.25, -0.2) is 4.98 Å². The van der Waals surface area contributed by atoms with Crippen LogP contribution in [-0.2, 0) is 0 Å². The molecular formula is C26H28N4O3S. The number of anilines is 2. The maximum atomic E-state index is 12.9. The van der Waals surface area contributed by atoms with Crippen molar-refractivity contribution in [2.24, 2.45) is 5.92 Å². The van der Waals surface area contributed by atoms with Gasteiger partial charge in [0, 0.05) is 17.7 Å². The summed E-state index contributed by atoms with van der Waals surface area (Å²) in [6.07, 6.45) is 7.57. The number of hydrogen-bond donors (Lipinski definition) is 3. The molecule has 4 rings (SSSR count). The molecule has 2 aromatic heterocycles. The topological polar surface area (TPSA) is 100 Å². The van der Waals surface area contributed by atoms with Gasteiger partial charge >= 0.3 is 0 Å². The number of hydrogen-bond acceptors (Lipinski definition) is 5. The first kappa shape index (κ1) is 23.6. The molecule has 0 unspecified atom stereocenters. The second-order valence-corrected chi connectivity index (χ2v) is 9.49. The first-order chi connectivity index (χ1) is 16.5. The molecule has 7 nitrogen and oxygen atoms in total. The van der Waals surface area contributed by atoms with Crippen LogP contribution < -0.4 is 16.0 Å². The molecule has 34 heavy (non-hydrogen) atoms. The zero-order valence-corrected chi connectivity index (χ0v) is 19.9. The number of carbonyl (C=O) groups is 3. The lowest BCUT2D eigenvalue weighted by Gasteiger charge is -2.12. The maximum absolute atomic E-state index is 12.9. The summed E-state index contributed by atoms with van der Waals surface area (Å²) < 4.78 is 0. The molecule has 1 aromatic carbocycles. The molecule has 3 aromatic rings. The average Bonchev–Trinajstić information content (AvgIpc) is 3.55. The van der Waals surface area contributed by atoms with Crippen LogP contribution in [0.15, 0.2) is 54.0 Å². The van der Waals surface area contributed by atoms with Crippen LogP contribution in [0.25, 0.3) is 0 Å². The van der Waals surface area contributed by atoms with Crippen LogP contribution in [0.1, 0.15) is 68.1 Å². The van der Waals surface area contributed by atoms with Crippen LogP contribution in [-0.4, -0.2) is 29.3 Å². The van der Waals surface area contributed by atoms with Gasteiger partial charge in [0.1, 0.15) is 5.82 Å². The molecule has 3 N–H and O–H groups in total. The number of amides is 3. The first-order valence-corrected chi connectivity index (χ1v) is 12.4. The Morgan fingerprint density at radius 2 is 1.82 bits per heavy atom. The van der Waals surface area contributed by atoms with E-state index in [4.69, 9.17) is 0 Å². The van der Waals surface area contributed by atoms with Crippen molar-refractivity contribution in [1.29, 1.82) is 0 Å². The molecular weight excluding hydrogens is 448 g/mol. The van der Waals surface area contributed by atoms with Crippen molar-refractivity contribution in [2.45, 2.75) is 39.0 Å². The Morgan fingerprint density at radius 1 is 1.00 bits per heavy atom. The zero-order chi connectivity index (χ0) is 23.9. The highest BCUT2D eigenvalue weighted by Crippen LogP contribution is 2.27. The molecule has 1 fully saturated rings. The molecule has 1 aliphatic rings. The number of pyridine rings is 1. The van der Waals surface area contributed by atoms with Crippen molar-refractivity contribution < 1.29 is 14.4 Å². The minimum atomic E-state index is -0.324. The van der Waals surface area contributed by atoms with E-state index in [2.05, 4.69) is 20.9 Å². The Balaban J connectivity index is 1.34. The molecule has 0 radical (unpaired) electrons. The first-order valence-electron chi connectivity index (χ1n) is 11.5. The molecule has 0 atom stereocenters. The van der Waals surface area contributed by atoms with Crippen molar-refractivity contribution in [1.82, 2.24) is 10.3 Å². The molecule has 3 amide bonds. The van der Waals surface area contributed by atoms with Crippen LogP contribution in [0.2, 0.25) is 0 Å². The second kappa shape index (κ2) is 11.1. The standard InChI is InChI=1S/C26H28N4O3S/c1-17-8-9-19(24(31)27-13-12-18-5-2-3-6-18)15-21(17)25(32)29-20-10-11-23(28-16-20)30-26(33)22-7-4-14-34-22/h4,7-11,14-16,18H,2-3,5-6,12-13H2,1H3,(H,27,31)(H,29,32)(H,28,30,33). The van der Waals surface area contributed by atoms with Gasteiger partial charge in [-0.15, -0.1) is 11.3 Å². The predicted octanol–water partition coefficient (Wildman–Crippen LogP) is 5.27. The summed E-state index contributed by atoms with van der Waals surface area (Å²) in [4.78, 5) is 42.4. The third-order valence-electron chi connectivity index (χ3n) is 6.07. The van der Waals surface area contributed by atoms with Crippen LogP contribution in [0.4, 0.5) is 11.5 Å². The van der Waals surface area contributed by atoms with E-state index >= 15 is 0 Å². The van der Waals surface area contributed by atoms with E-state index in [9.17, 15) is 14.4 Å². The number of aromatic nitrogens is 1. The van der Waals surface area contributed by atoms with Gasteiger partial charge in [0.25, 0.3) is 17.7 Å². The molecule has 1 aliphatic carbocycles. The largest absolute Gasteiger partial charge is 0.352 e. The molecule has 0 bridgehead atoms. The maximum Gasteiger partial charge on any atom is 0.266 e. The Kier molecular flexibility index (Phi) is 7.69. The smallest absolute Gasteiger partial charge is 0.266 e. The third-order valence-corrected chi connectivity index (χ3v) is 6.93. The minimum absolute atomic E-state index is 0.167. The number of carbonyl (C=O) groups excluding carboxylic acids is 3. The Morgan fingerprint density at radius 3 is 2.53 bits per heavy atom. The summed E-state index contributed by atoms with van der Waals surface area (Å²) in [5, 5.41) is 10.3. The van der Waals surface area contributed by atoms with E-state index in [0.717, 1.165) is 12.0 Å². The van der Waals surface area contributed by atoms with E-state index in [1.165, 1.54) is 43.2 Å². The lowest BCUT2D eigenvalue weighted by Crippen LogP contribution is -2.26. The average molecular weight is 477 g/mol. The second-order valence-electron chi connectivity index (χ2n) is 8.54. The van der Waals surface area contributed by atoms with Crippen LogP contribution >= 0.6 is 11.3 Å². The van der Waals surface area contributed by atoms with Gasteiger partial charge in [0.2, 0.25) is 0 Å². The quantitative estimate of drug-likeness (QED) is 0.412. The summed E-state index contributed by atoms with van der Waals surface area (Å²) in [5.41, 5.74) is 2.16. The van der Waals surface area contributed by atoms with Crippen molar-refractivity contribution in [3.63, 3.8) is 0 Å². The van der Waals surface area contributed by atoms with Crippen molar-refractivity contribution in [3.8, 4) is 0 Å². The number of rotatable bonds is 8. The molecule has 0 saturated heterocycles. The van der Waals surface area contributed by atoms with E-state index in [0.29, 0.717) is 40.0 Å². The highest BCUT2D eigenvalue weighted by molar-refractivity contribution is 7.12. The predicted molar refractivity (Wildman–Crippen MR) is 135 cm³/mol.